The number of hydrogen-bond donors (Lipinski definition) is 1. The van der Waals surface area contributed by atoms with Gasteiger partial charge in [0.2, 0.25) is 11.8 Å². The average molecular weight is 495 g/mol. The lowest BCUT2D eigenvalue weighted by atomic mass is 9.77. The summed E-state index contributed by atoms with van der Waals surface area (Å²) in [6.45, 7) is 4.25. The van der Waals surface area contributed by atoms with Crippen LogP contribution in [0.2, 0.25) is 5.02 Å². The molecule has 1 spiro atoms. The Labute approximate surface area is 213 Å². The summed E-state index contributed by atoms with van der Waals surface area (Å²) in [7, 11) is 0. The van der Waals surface area contributed by atoms with Crippen molar-refractivity contribution in [3.05, 3.63) is 64.9 Å². The summed E-state index contributed by atoms with van der Waals surface area (Å²) in [4.78, 5) is 34.7. The summed E-state index contributed by atoms with van der Waals surface area (Å²) >= 11 is 6.10. The molecule has 0 bridgehead atoms. The smallest absolute Gasteiger partial charge is 0.229 e. The zero-order valence-electron chi connectivity index (χ0n) is 20.3. The van der Waals surface area contributed by atoms with Crippen molar-refractivity contribution in [2.24, 2.45) is 11.3 Å². The maximum absolute atomic E-state index is 13.3. The molecule has 2 saturated heterocycles. The molecular formula is C28H35ClN4O2. The Kier molecular flexibility index (Phi) is 7.40. The largest absolute Gasteiger partial charge is 0.349 e. The van der Waals surface area contributed by atoms with Crippen LogP contribution in [0.1, 0.15) is 62.1 Å². The number of amides is 2. The van der Waals surface area contributed by atoms with Crippen LogP contribution in [0.25, 0.3) is 0 Å². The SMILES string of the molecule is O=C(NC(CCN1CCC2(CC1)CCN(Cc1cccnc1)C2=O)c1ccc(Cl)cc1)C1CCC1. The van der Waals surface area contributed by atoms with E-state index in [4.69, 9.17) is 11.6 Å². The molecule has 1 atom stereocenters. The van der Waals surface area contributed by atoms with Gasteiger partial charge in [0.15, 0.2) is 0 Å². The van der Waals surface area contributed by atoms with Gasteiger partial charge in [-0.15, -0.1) is 0 Å². The molecule has 3 fully saturated rings. The van der Waals surface area contributed by atoms with E-state index < -0.39 is 0 Å². The van der Waals surface area contributed by atoms with Crippen LogP contribution >= 0.6 is 11.6 Å². The van der Waals surface area contributed by atoms with Gasteiger partial charge >= 0.3 is 0 Å². The molecule has 6 nitrogen and oxygen atoms in total. The van der Waals surface area contributed by atoms with E-state index in [1.54, 1.807) is 6.20 Å². The number of rotatable bonds is 8. The van der Waals surface area contributed by atoms with Crippen LogP contribution in [0.4, 0.5) is 0 Å². The minimum atomic E-state index is -0.202. The molecule has 2 aromatic rings. The molecule has 3 aliphatic rings. The number of piperidine rings is 1. The van der Waals surface area contributed by atoms with Gasteiger partial charge in [0.25, 0.3) is 0 Å². The van der Waals surface area contributed by atoms with E-state index in [1.165, 1.54) is 0 Å². The number of carbonyl (C=O) groups excluding carboxylic acids is 2. The summed E-state index contributed by atoms with van der Waals surface area (Å²) in [5.41, 5.74) is 1.99. The van der Waals surface area contributed by atoms with Crippen molar-refractivity contribution in [2.45, 2.75) is 57.5 Å². The van der Waals surface area contributed by atoms with Gasteiger partial charge in [-0.2, -0.15) is 0 Å². The lowest BCUT2D eigenvalue weighted by molar-refractivity contribution is -0.139. The summed E-state index contributed by atoms with van der Waals surface area (Å²) in [6.07, 6.45) is 10.4. The molecular weight excluding hydrogens is 460 g/mol. The molecule has 1 saturated carbocycles. The van der Waals surface area contributed by atoms with Gasteiger partial charge in [-0.3, -0.25) is 14.6 Å². The number of nitrogens with one attached hydrogen (secondary N) is 1. The van der Waals surface area contributed by atoms with E-state index in [0.29, 0.717) is 17.5 Å². The Morgan fingerprint density at radius 1 is 1.11 bits per heavy atom. The highest BCUT2D eigenvalue weighted by molar-refractivity contribution is 6.30. The average Bonchev–Trinajstić information content (AvgIpc) is 3.13. The third kappa shape index (κ3) is 5.54. The van der Waals surface area contributed by atoms with E-state index in [-0.39, 0.29) is 23.3 Å². The van der Waals surface area contributed by atoms with Gasteiger partial charge in [-0.25, -0.2) is 0 Å². The van der Waals surface area contributed by atoms with Crippen molar-refractivity contribution < 1.29 is 9.59 Å². The predicted molar refractivity (Wildman–Crippen MR) is 137 cm³/mol. The van der Waals surface area contributed by atoms with Crippen molar-refractivity contribution in [3.8, 4) is 0 Å². The van der Waals surface area contributed by atoms with E-state index in [0.717, 1.165) is 82.3 Å². The highest BCUT2D eigenvalue weighted by Crippen LogP contribution is 2.42. The molecule has 7 heteroatoms. The quantitative estimate of drug-likeness (QED) is 0.582. The van der Waals surface area contributed by atoms with Crippen LogP contribution in [-0.2, 0) is 16.1 Å². The van der Waals surface area contributed by atoms with E-state index in [2.05, 4.69) is 15.2 Å². The number of benzene rings is 1. The lowest BCUT2D eigenvalue weighted by Gasteiger charge is -2.38. The van der Waals surface area contributed by atoms with Gasteiger partial charge in [0.05, 0.1) is 11.5 Å². The fourth-order valence-electron chi connectivity index (χ4n) is 5.71. The second kappa shape index (κ2) is 10.7. The van der Waals surface area contributed by atoms with Crippen LogP contribution in [-0.4, -0.2) is 52.8 Å². The van der Waals surface area contributed by atoms with Gasteiger partial charge in [-0.1, -0.05) is 36.2 Å². The van der Waals surface area contributed by atoms with Crippen LogP contribution in [0.5, 0.6) is 0 Å². The summed E-state index contributed by atoms with van der Waals surface area (Å²) in [5, 5.41) is 4.01. The third-order valence-electron chi connectivity index (χ3n) is 8.31. The molecule has 1 unspecified atom stereocenters. The van der Waals surface area contributed by atoms with Crippen LogP contribution in [0, 0.1) is 11.3 Å². The summed E-state index contributed by atoms with van der Waals surface area (Å²) in [5.74, 6) is 0.662. The first-order chi connectivity index (χ1) is 17.0. The Bertz CT molecular complexity index is 1020. The van der Waals surface area contributed by atoms with Gasteiger partial charge in [0, 0.05) is 43.0 Å². The van der Waals surface area contributed by atoms with Crippen LogP contribution in [0.15, 0.2) is 48.8 Å². The summed E-state index contributed by atoms with van der Waals surface area (Å²) < 4.78 is 0. The maximum Gasteiger partial charge on any atom is 0.229 e. The van der Waals surface area contributed by atoms with Crippen molar-refractivity contribution in [1.29, 1.82) is 0 Å². The molecule has 0 radical (unpaired) electrons. The zero-order chi connectivity index (χ0) is 24.3. The van der Waals surface area contributed by atoms with Gasteiger partial charge < -0.3 is 15.1 Å². The lowest BCUT2D eigenvalue weighted by Crippen LogP contribution is -2.45. The van der Waals surface area contributed by atoms with Crippen molar-refractivity contribution in [3.63, 3.8) is 0 Å². The highest BCUT2D eigenvalue weighted by atomic mass is 35.5. The number of aromatic nitrogens is 1. The van der Waals surface area contributed by atoms with E-state index >= 15 is 0 Å². The third-order valence-corrected chi connectivity index (χ3v) is 8.56. The standard InChI is InChI=1S/C28H35ClN4O2/c29-24-8-6-22(7-9-24)25(31-26(34)23-4-1-5-23)10-15-32-16-11-28(12-17-32)13-18-33(27(28)35)20-21-3-2-14-30-19-21/h2-3,6-9,14,19,23,25H,1,4-5,10-13,15-18,20H2,(H,31,34). The Morgan fingerprint density at radius 2 is 1.86 bits per heavy atom. The Morgan fingerprint density at radius 3 is 2.51 bits per heavy atom. The maximum atomic E-state index is 13.3. The fourth-order valence-corrected chi connectivity index (χ4v) is 5.84. The molecule has 1 N–H and O–H groups in total. The topological polar surface area (TPSA) is 65.5 Å². The second-order valence-corrected chi connectivity index (χ2v) is 10.9. The molecule has 1 aromatic heterocycles. The Balaban J connectivity index is 1.15. The molecule has 2 aliphatic heterocycles. The number of carbonyl (C=O) groups is 2. The minimum Gasteiger partial charge on any atom is -0.349 e. The van der Waals surface area contributed by atoms with Crippen molar-refractivity contribution >= 4 is 23.4 Å². The monoisotopic (exact) mass is 494 g/mol. The normalized spacial score (nSPS) is 21.2. The predicted octanol–water partition coefficient (Wildman–Crippen LogP) is 4.60. The minimum absolute atomic E-state index is 0.0145. The van der Waals surface area contributed by atoms with Crippen LogP contribution < -0.4 is 5.32 Å². The molecule has 3 heterocycles. The summed E-state index contributed by atoms with van der Waals surface area (Å²) in [6, 6.07) is 11.8. The zero-order valence-corrected chi connectivity index (χ0v) is 21.1. The molecule has 1 aliphatic carbocycles. The molecule has 35 heavy (non-hydrogen) atoms. The van der Waals surface area contributed by atoms with Gasteiger partial charge in [0.1, 0.15) is 0 Å². The molecule has 1 aromatic carbocycles. The van der Waals surface area contributed by atoms with Gasteiger partial charge in [-0.05, 0) is 80.9 Å². The van der Waals surface area contributed by atoms with E-state index in [9.17, 15) is 9.59 Å². The molecule has 2 amide bonds. The number of hydrogen-bond acceptors (Lipinski definition) is 4. The number of halogens is 1. The Hall–Kier alpha value is -2.44. The second-order valence-electron chi connectivity index (χ2n) is 10.5. The number of pyridine rings is 1. The van der Waals surface area contributed by atoms with Crippen molar-refractivity contribution in [1.82, 2.24) is 20.1 Å². The van der Waals surface area contributed by atoms with Crippen LogP contribution in [0.3, 0.4) is 0 Å². The first-order valence-corrected chi connectivity index (χ1v) is 13.4. The first-order valence-electron chi connectivity index (χ1n) is 13.0. The first kappa shape index (κ1) is 24.3. The van der Waals surface area contributed by atoms with Crippen molar-refractivity contribution in [2.75, 3.05) is 26.2 Å². The molecule has 186 valence electrons. The molecule has 5 rings (SSSR count). The highest BCUT2D eigenvalue weighted by Gasteiger charge is 2.47. The number of likely N-dealkylation sites (tertiary alicyclic amines) is 2. The fraction of sp³-hybridized carbons (Fsp3) is 0.536. The number of nitrogens with zero attached hydrogens (tertiary/aromatic N) is 3. The van der Waals surface area contributed by atoms with E-state index in [1.807, 2.05) is 47.5 Å².